The average Bonchev–Trinajstić information content (AvgIpc) is 2.47. The van der Waals surface area contributed by atoms with Crippen LogP contribution in [-0.4, -0.2) is 19.2 Å². The molecule has 3 nitrogen and oxygen atoms in total. The van der Waals surface area contributed by atoms with E-state index < -0.39 is 0 Å². The van der Waals surface area contributed by atoms with E-state index in [0.717, 1.165) is 18.7 Å². The van der Waals surface area contributed by atoms with Crippen LogP contribution in [0.4, 0.5) is 0 Å². The third kappa shape index (κ3) is 5.21. The molecule has 3 N–H and O–H groups in total. The van der Waals surface area contributed by atoms with Gasteiger partial charge in [0.05, 0.1) is 6.61 Å². The Balaban J connectivity index is 1.77. The molecule has 1 aromatic rings. The molecular formula is C16H26N2O. The minimum Gasteiger partial charge on any atom is -0.494 e. The predicted octanol–water partition coefficient (Wildman–Crippen LogP) is 2.84. The molecule has 2 rings (SSSR count). The molecule has 1 aliphatic carbocycles. The van der Waals surface area contributed by atoms with Crippen molar-refractivity contribution in [2.75, 3.05) is 13.2 Å². The minimum atomic E-state index is 0.683. The topological polar surface area (TPSA) is 47.3 Å². The lowest BCUT2D eigenvalue weighted by Crippen LogP contribution is -2.30. The monoisotopic (exact) mass is 262 g/mol. The maximum Gasteiger partial charge on any atom is 0.119 e. The zero-order valence-corrected chi connectivity index (χ0v) is 11.7. The summed E-state index contributed by atoms with van der Waals surface area (Å²) in [6, 6.07) is 9.07. The number of nitrogens with one attached hydrogen (secondary N) is 1. The van der Waals surface area contributed by atoms with E-state index in [1.165, 1.54) is 37.7 Å². The molecule has 19 heavy (non-hydrogen) atoms. The molecule has 1 fully saturated rings. The van der Waals surface area contributed by atoms with Crippen LogP contribution in [0.25, 0.3) is 0 Å². The van der Waals surface area contributed by atoms with Gasteiger partial charge < -0.3 is 15.8 Å². The first-order valence-corrected chi connectivity index (χ1v) is 7.53. The van der Waals surface area contributed by atoms with Crippen LogP contribution in [-0.2, 0) is 6.54 Å². The zero-order chi connectivity index (χ0) is 13.3. The van der Waals surface area contributed by atoms with Crippen molar-refractivity contribution in [3.05, 3.63) is 29.8 Å². The van der Waals surface area contributed by atoms with E-state index in [1.807, 2.05) is 6.07 Å². The number of nitrogens with two attached hydrogens (primary N) is 1. The van der Waals surface area contributed by atoms with Crippen LogP contribution in [0.1, 0.15) is 44.1 Å². The van der Waals surface area contributed by atoms with Gasteiger partial charge in [-0.3, -0.25) is 0 Å². The molecule has 0 heterocycles. The van der Waals surface area contributed by atoms with Gasteiger partial charge in [-0.15, -0.1) is 0 Å². The van der Waals surface area contributed by atoms with Gasteiger partial charge in [0.1, 0.15) is 5.75 Å². The first-order valence-electron chi connectivity index (χ1n) is 7.53. The van der Waals surface area contributed by atoms with Gasteiger partial charge >= 0.3 is 0 Å². The Morgan fingerprint density at radius 3 is 2.84 bits per heavy atom. The number of ether oxygens (including phenoxy) is 1. The molecule has 1 aliphatic rings. The third-order valence-corrected chi connectivity index (χ3v) is 3.72. The number of benzene rings is 1. The van der Waals surface area contributed by atoms with Crippen LogP contribution in [0.5, 0.6) is 5.75 Å². The first-order chi connectivity index (χ1) is 9.38. The van der Waals surface area contributed by atoms with Crippen molar-refractivity contribution in [2.24, 2.45) is 5.73 Å². The molecule has 1 aromatic carbocycles. The molecule has 3 heteroatoms. The standard InChI is InChI=1S/C16H26N2O/c17-10-5-11-19-16-9-4-6-14(12-16)13-18-15-7-2-1-3-8-15/h4,6,9,12,15,18H,1-3,5,7-8,10-11,13,17H2. The van der Waals surface area contributed by atoms with Crippen molar-refractivity contribution in [3.63, 3.8) is 0 Å². The number of hydrogen-bond acceptors (Lipinski definition) is 3. The first kappa shape index (κ1) is 14.4. The molecule has 0 unspecified atom stereocenters. The van der Waals surface area contributed by atoms with Crippen LogP contribution in [0, 0.1) is 0 Å². The van der Waals surface area contributed by atoms with Gasteiger partial charge in [0.2, 0.25) is 0 Å². The van der Waals surface area contributed by atoms with Crippen molar-refractivity contribution >= 4 is 0 Å². The highest BCUT2D eigenvalue weighted by Gasteiger charge is 2.12. The van der Waals surface area contributed by atoms with Gasteiger partial charge in [0, 0.05) is 12.6 Å². The number of rotatable bonds is 7. The molecule has 0 spiro atoms. The van der Waals surface area contributed by atoms with Crippen LogP contribution in [0.2, 0.25) is 0 Å². The van der Waals surface area contributed by atoms with Crippen molar-refractivity contribution in [3.8, 4) is 5.75 Å². The SMILES string of the molecule is NCCCOc1cccc(CNC2CCCCC2)c1. The number of hydrogen-bond donors (Lipinski definition) is 2. The van der Waals surface area contributed by atoms with E-state index in [1.54, 1.807) is 0 Å². The molecule has 1 saturated carbocycles. The summed E-state index contributed by atoms with van der Waals surface area (Å²) in [4.78, 5) is 0. The quantitative estimate of drug-likeness (QED) is 0.743. The van der Waals surface area contributed by atoms with E-state index in [0.29, 0.717) is 19.2 Å². The largest absolute Gasteiger partial charge is 0.494 e. The lowest BCUT2D eigenvalue weighted by Gasteiger charge is -2.23. The average molecular weight is 262 g/mol. The third-order valence-electron chi connectivity index (χ3n) is 3.72. The second kappa shape index (κ2) is 8.18. The molecule has 0 aliphatic heterocycles. The maximum absolute atomic E-state index is 5.67. The summed E-state index contributed by atoms with van der Waals surface area (Å²) < 4.78 is 5.67. The van der Waals surface area contributed by atoms with E-state index in [4.69, 9.17) is 10.5 Å². The van der Waals surface area contributed by atoms with E-state index >= 15 is 0 Å². The van der Waals surface area contributed by atoms with E-state index in [9.17, 15) is 0 Å². The highest BCUT2D eigenvalue weighted by Crippen LogP contribution is 2.18. The van der Waals surface area contributed by atoms with Gasteiger partial charge in [0.25, 0.3) is 0 Å². The molecule has 0 saturated heterocycles. The summed E-state index contributed by atoms with van der Waals surface area (Å²) in [5, 5.41) is 3.66. The summed E-state index contributed by atoms with van der Waals surface area (Å²) in [7, 11) is 0. The van der Waals surface area contributed by atoms with Gasteiger partial charge in [-0.05, 0) is 43.5 Å². The molecule has 0 radical (unpaired) electrons. The summed E-state index contributed by atoms with van der Waals surface area (Å²) in [6.07, 6.45) is 7.71. The minimum absolute atomic E-state index is 0.683. The van der Waals surface area contributed by atoms with Crippen molar-refractivity contribution in [2.45, 2.75) is 51.1 Å². The summed E-state index contributed by atoms with van der Waals surface area (Å²) in [6.45, 7) is 2.33. The lowest BCUT2D eigenvalue weighted by molar-refractivity contribution is 0.312. The molecule has 0 aromatic heterocycles. The fourth-order valence-electron chi connectivity index (χ4n) is 2.59. The van der Waals surface area contributed by atoms with Gasteiger partial charge in [0.15, 0.2) is 0 Å². The highest BCUT2D eigenvalue weighted by atomic mass is 16.5. The Bertz CT molecular complexity index is 362. The second-order valence-corrected chi connectivity index (χ2v) is 5.35. The van der Waals surface area contributed by atoms with Crippen LogP contribution in [0.15, 0.2) is 24.3 Å². The molecule has 0 amide bonds. The van der Waals surface area contributed by atoms with Gasteiger partial charge in [-0.2, -0.15) is 0 Å². The Morgan fingerprint density at radius 1 is 1.21 bits per heavy atom. The Morgan fingerprint density at radius 2 is 2.05 bits per heavy atom. The molecule has 106 valence electrons. The van der Waals surface area contributed by atoms with Gasteiger partial charge in [-0.1, -0.05) is 31.4 Å². The lowest BCUT2D eigenvalue weighted by atomic mass is 9.95. The maximum atomic E-state index is 5.67. The zero-order valence-electron chi connectivity index (χ0n) is 11.7. The fraction of sp³-hybridized carbons (Fsp3) is 0.625. The van der Waals surface area contributed by atoms with E-state index in [2.05, 4.69) is 23.5 Å². The Kier molecular flexibility index (Phi) is 6.18. The smallest absolute Gasteiger partial charge is 0.119 e. The van der Waals surface area contributed by atoms with Crippen molar-refractivity contribution < 1.29 is 4.74 Å². The van der Waals surface area contributed by atoms with Crippen LogP contribution >= 0.6 is 0 Å². The fourth-order valence-corrected chi connectivity index (χ4v) is 2.59. The Hall–Kier alpha value is -1.06. The van der Waals surface area contributed by atoms with Crippen LogP contribution < -0.4 is 15.8 Å². The molecule has 0 bridgehead atoms. The normalized spacial score (nSPS) is 16.5. The summed E-state index contributed by atoms with van der Waals surface area (Å²) >= 11 is 0. The van der Waals surface area contributed by atoms with Crippen LogP contribution in [0.3, 0.4) is 0 Å². The summed E-state index contributed by atoms with van der Waals surface area (Å²) in [5.74, 6) is 0.955. The highest BCUT2D eigenvalue weighted by molar-refractivity contribution is 5.28. The molecular weight excluding hydrogens is 236 g/mol. The molecule has 0 atom stereocenters. The van der Waals surface area contributed by atoms with Gasteiger partial charge in [-0.25, -0.2) is 0 Å². The Labute approximate surface area is 116 Å². The van der Waals surface area contributed by atoms with Crippen molar-refractivity contribution in [1.29, 1.82) is 0 Å². The predicted molar refractivity (Wildman–Crippen MR) is 79.3 cm³/mol. The summed E-state index contributed by atoms with van der Waals surface area (Å²) in [5.41, 5.74) is 6.76. The second-order valence-electron chi connectivity index (χ2n) is 5.35. The van der Waals surface area contributed by atoms with Crippen molar-refractivity contribution in [1.82, 2.24) is 5.32 Å². The van der Waals surface area contributed by atoms with E-state index in [-0.39, 0.29) is 0 Å².